The fourth-order valence-corrected chi connectivity index (χ4v) is 4.01. The van der Waals surface area contributed by atoms with Crippen LogP contribution in [0.1, 0.15) is 44.4 Å². The maximum atomic E-state index is 10.8. The van der Waals surface area contributed by atoms with E-state index in [1.54, 1.807) is 21.3 Å². The van der Waals surface area contributed by atoms with Crippen LogP contribution in [-0.4, -0.2) is 34.8 Å². The zero-order valence-corrected chi connectivity index (χ0v) is 20.5. The number of rotatable bonds is 9. The van der Waals surface area contributed by atoms with Gasteiger partial charge in [-0.15, -0.1) is 0 Å². The Hall–Kier alpha value is -2.18. The maximum absolute atomic E-state index is 10.8. The third kappa shape index (κ3) is 5.70. The van der Waals surface area contributed by atoms with Gasteiger partial charge in [-0.2, -0.15) is 0 Å². The van der Waals surface area contributed by atoms with E-state index in [0.29, 0.717) is 30.1 Å². The fraction of sp³-hybridized carbons (Fsp3) is 0.500. The lowest BCUT2D eigenvalue weighted by Gasteiger charge is -2.36. The zero-order valence-electron chi connectivity index (χ0n) is 19.5. The normalized spacial score (nSPS) is 13.0. The van der Waals surface area contributed by atoms with Gasteiger partial charge in [0.2, 0.25) is 14.1 Å². The average Bonchev–Trinajstić information content (AvgIpc) is 2.70. The fourth-order valence-electron chi connectivity index (χ4n) is 2.98. The number of aryl methyl sites for hydroxylation is 1. The van der Waals surface area contributed by atoms with Crippen LogP contribution < -0.4 is 18.6 Å². The largest absolute Gasteiger partial charge is 0.543 e. The third-order valence-electron chi connectivity index (χ3n) is 5.85. The lowest BCUT2D eigenvalue weighted by Crippen LogP contribution is -2.43. The molecule has 2 rings (SSSR count). The first-order valence-electron chi connectivity index (χ1n) is 10.3. The van der Waals surface area contributed by atoms with Crippen LogP contribution in [-0.2, 0) is 6.42 Å². The molecule has 5 nitrogen and oxygen atoms in total. The summed E-state index contributed by atoms with van der Waals surface area (Å²) in [5, 5.41) is 10.9. The summed E-state index contributed by atoms with van der Waals surface area (Å²) in [7, 11) is 2.86. The van der Waals surface area contributed by atoms with Crippen LogP contribution in [0.5, 0.6) is 23.0 Å². The summed E-state index contributed by atoms with van der Waals surface area (Å²) in [6.45, 7) is 11.1. The van der Waals surface area contributed by atoms with Gasteiger partial charge in [0.05, 0.1) is 27.4 Å². The van der Waals surface area contributed by atoms with Crippen LogP contribution in [0.4, 0.5) is 0 Å². The lowest BCUT2D eigenvalue weighted by molar-refractivity contribution is 0.167. The minimum atomic E-state index is -1.93. The Morgan fingerprint density at radius 3 is 2.03 bits per heavy atom. The van der Waals surface area contributed by atoms with Crippen LogP contribution in [0.15, 0.2) is 36.4 Å². The number of hydrogen-bond donors (Lipinski definition) is 1. The van der Waals surface area contributed by atoms with Gasteiger partial charge in [0.1, 0.15) is 5.75 Å². The minimum Gasteiger partial charge on any atom is -0.543 e. The second-order valence-corrected chi connectivity index (χ2v) is 13.7. The molecule has 0 radical (unpaired) electrons. The van der Waals surface area contributed by atoms with Crippen molar-refractivity contribution in [3.05, 3.63) is 47.5 Å². The van der Waals surface area contributed by atoms with Crippen molar-refractivity contribution in [2.75, 3.05) is 21.3 Å². The van der Waals surface area contributed by atoms with Crippen LogP contribution >= 0.6 is 0 Å². The van der Waals surface area contributed by atoms with Crippen LogP contribution in [0.2, 0.25) is 18.1 Å². The molecule has 2 aromatic rings. The molecule has 0 aliphatic heterocycles. The van der Waals surface area contributed by atoms with Gasteiger partial charge < -0.3 is 23.7 Å². The standard InChI is InChI=1S/C24H36O5Si/c1-24(2,3)30(7,8)29-19-11-9-10-18(16-19)20(25)13-12-17-14-21(26-4)23(28-6)22(15-17)27-5/h9-11,14-16,20,25H,12-13H2,1-8H3. The maximum Gasteiger partial charge on any atom is 0.250 e. The van der Waals surface area contributed by atoms with E-state index in [-0.39, 0.29) is 5.04 Å². The van der Waals surface area contributed by atoms with Gasteiger partial charge in [-0.1, -0.05) is 32.9 Å². The first-order valence-corrected chi connectivity index (χ1v) is 13.2. The van der Waals surface area contributed by atoms with Gasteiger partial charge in [-0.25, -0.2) is 0 Å². The molecule has 0 amide bonds. The van der Waals surface area contributed by atoms with Gasteiger partial charge >= 0.3 is 0 Å². The summed E-state index contributed by atoms with van der Waals surface area (Å²) in [4.78, 5) is 0. The van der Waals surface area contributed by atoms with Gasteiger partial charge in [0, 0.05) is 0 Å². The molecular weight excluding hydrogens is 396 g/mol. The smallest absolute Gasteiger partial charge is 0.250 e. The molecule has 0 aliphatic rings. The van der Waals surface area contributed by atoms with Crippen molar-refractivity contribution in [3.8, 4) is 23.0 Å². The Labute approximate surface area is 182 Å². The molecule has 0 fully saturated rings. The SMILES string of the molecule is COc1cc(CCC(O)c2cccc(O[Si](C)(C)C(C)(C)C)c2)cc(OC)c1OC. The molecule has 0 bridgehead atoms. The van der Waals surface area contributed by atoms with Gasteiger partial charge in [-0.05, 0) is 66.4 Å². The number of aliphatic hydroxyl groups is 1. The van der Waals surface area contributed by atoms with Gasteiger partial charge in [0.25, 0.3) is 0 Å². The average molecular weight is 433 g/mol. The molecule has 0 spiro atoms. The predicted octanol–water partition coefficient (Wildman–Crippen LogP) is 5.76. The first kappa shape index (κ1) is 24.1. The monoisotopic (exact) mass is 432 g/mol. The Bertz CT molecular complexity index is 817. The Balaban J connectivity index is 2.13. The van der Waals surface area contributed by atoms with E-state index >= 15 is 0 Å². The molecule has 1 N–H and O–H groups in total. The van der Waals surface area contributed by atoms with Crippen molar-refractivity contribution >= 4 is 8.32 Å². The second kappa shape index (κ2) is 9.75. The highest BCUT2D eigenvalue weighted by atomic mass is 28.4. The van der Waals surface area contributed by atoms with E-state index in [9.17, 15) is 5.11 Å². The minimum absolute atomic E-state index is 0.119. The highest BCUT2D eigenvalue weighted by Crippen LogP contribution is 2.39. The molecule has 166 valence electrons. The Morgan fingerprint density at radius 2 is 1.53 bits per heavy atom. The van der Waals surface area contributed by atoms with Crippen molar-refractivity contribution in [1.29, 1.82) is 0 Å². The van der Waals surface area contributed by atoms with E-state index < -0.39 is 14.4 Å². The highest BCUT2D eigenvalue weighted by molar-refractivity contribution is 6.74. The van der Waals surface area contributed by atoms with Crippen molar-refractivity contribution < 1.29 is 23.7 Å². The van der Waals surface area contributed by atoms with Crippen LogP contribution in [0.25, 0.3) is 0 Å². The van der Waals surface area contributed by atoms with E-state index in [1.165, 1.54) is 0 Å². The number of benzene rings is 2. The molecule has 0 saturated carbocycles. The zero-order chi connectivity index (χ0) is 22.5. The quantitative estimate of drug-likeness (QED) is 0.510. The van der Waals surface area contributed by atoms with Crippen LogP contribution in [0, 0.1) is 0 Å². The van der Waals surface area contributed by atoms with Crippen molar-refractivity contribution in [3.63, 3.8) is 0 Å². The summed E-state index contributed by atoms with van der Waals surface area (Å²) in [6.07, 6.45) is 0.653. The van der Waals surface area contributed by atoms with Crippen molar-refractivity contribution in [2.24, 2.45) is 0 Å². The molecule has 6 heteroatoms. The highest BCUT2D eigenvalue weighted by Gasteiger charge is 2.39. The lowest BCUT2D eigenvalue weighted by atomic mass is 10.0. The Kier molecular flexibility index (Phi) is 7.83. The van der Waals surface area contributed by atoms with E-state index in [0.717, 1.165) is 16.9 Å². The van der Waals surface area contributed by atoms with Crippen molar-refractivity contribution in [2.45, 2.75) is 57.8 Å². The van der Waals surface area contributed by atoms with E-state index in [2.05, 4.69) is 33.9 Å². The third-order valence-corrected chi connectivity index (χ3v) is 10.2. The summed E-state index contributed by atoms with van der Waals surface area (Å²) in [5.41, 5.74) is 1.87. The topological polar surface area (TPSA) is 57.2 Å². The summed E-state index contributed by atoms with van der Waals surface area (Å²) >= 11 is 0. The molecule has 1 atom stereocenters. The molecule has 0 heterocycles. The molecule has 2 aromatic carbocycles. The molecule has 1 unspecified atom stereocenters. The molecule has 0 aliphatic carbocycles. The number of aliphatic hydroxyl groups excluding tert-OH is 1. The molecular formula is C24H36O5Si. The van der Waals surface area contributed by atoms with Gasteiger partial charge in [-0.3, -0.25) is 0 Å². The summed E-state index contributed by atoms with van der Waals surface area (Å²) in [5.74, 6) is 2.63. The molecule has 0 saturated heterocycles. The summed E-state index contributed by atoms with van der Waals surface area (Å²) < 4.78 is 22.6. The number of ether oxygens (including phenoxy) is 3. The number of hydrogen-bond acceptors (Lipinski definition) is 5. The predicted molar refractivity (Wildman–Crippen MR) is 124 cm³/mol. The Morgan fingerprint density at radius 1 is 0.933 bits per heavy atom. The number of methoxy groups -OCH3 is 3. The van der Waals surface area contributed by atoms with Crippen molar-refractivity contribution in [1.82, 2.24) is 0 Å². The van der Waals surface area contributed by atoms with E-state index in [1.807, 2.05) is 36.4 Å². The summed E-state index contributed by atoms with van der Waals surface area (Å²) in [6, 6.07) is 11.7. The second-order valence-electron chi connectivity index (χ2n) is 9.02. The molecule has 0 aromatic heterocycles. The van der Waals surface area contributed by atoms with Crippen LogP contribution in [0.3, 0.4) is 0 Å². The molecule has 30 heavy (non-hydrogen) atoms. The first-order chi connectivity index (χ1) is 14.0. The van der Waals surface area contributed by atoms with E-state index in [4.69, 9.17) is 18.6 Å². The van der Waals surface area contributed by atoms with Gasteiger partial charge in [0.15, 0.2) is 11.5 Å².